The number of hydrogen-bond donors (Lipinski definition) is 1. The van der Waals surface area contributed by atoms with E-state index in [9.17, 15) is 8.42 Å². The summed E-state index contributed by atoms with van der Waals surface area (Å²) >= 11 is 0. The first-order valence-electron chi connectivity index (χ1n) is 8.81. The Hall–Kier alpha value is -1.97. The second kappa shape index (κ2) is 6.64. The lowest BCUT2D eigenvalue weighted by Gasteiger charge is -2.26. The highest BCUT2D eigenvalue weighted by molar-refractivity contribution is 7.89. The molecule has 0 aliphatic carbocycles. The molecule has 0 saturated carbocycles. The van der Waals surface area contributed by atoms with E-state index in [1.807, 2.05) is 13.0 Å². The van der Waals surface area contributed by atoms with Crippen molar-refractivity contribution in [3.8, 4) is 5.75 Å². The number of aryl methyl sites for hydroxylation is 1. The molecular formula is C17H23N5O3S. The molecule has 2 aliphatic heterocycles. The van der Waals surface area contributed by atoms with E-state index in [2.05, 4.69) is 20.1 Å². The number of methoxy groups -OCH3 is 1. The fourth-order valence-corrected chi connectivity index (χ4v) is 5.66. The van der Waals surface area contributed by atoms with E-state index in [4.69, 9.17) is 4.74 Å². The largest absolute Gasteiger partial charge is 0.495 e. The van der Waals surface area contributed by atoms with E-state index in [1.54, 1.807) is 16.4 Å². The molecule has 0 unspecified atom stereocenters. The van der Waals surface area contributed by atoms with E-state index < -0.39 is 10.0 Å². The summed E-state index contributed by atoms with van der Waals surface area (Å²) in [5, 5.41) is 11.8. The number of hydrogen-bond acceptors (Lipinski definition) is 6. The van der Waals surface area contributed by atoms with Crippen molar-refractivity contribution >= 4 is 10.0 Å². The van der Waals surface area contributed by atoms with Crippen molar-refractivity contribution in [3.05, 3.63) is 35.4 Å². The van der Waals surface area contributed by atoms with Gasteiger partial charge in [0.2, 0.25) is 10.0 Å². The van der Waals surface area contributed by atoms with E-state index in [-0.39, 0.29) is 10.9 Å². The molecule has 0 amide bonds. The molecule has 0 bridgehead atoms. The third kappa shape index (κ3) is 2.80. The summed E-state index contributed by atoms with van der Waals surface area (Å²) in [7, 11) is -2.20. The number of ether oxygens (including phenoxy) is 1. The van der Waals surface area contributed by atoms with E-state index >= 15 is 0 Å². The number of nitrogens with zero attached hydrogens (tertiary/aromatic N) is 4. The molecule has 2 aromatic rings. The first-order chi connectivity index (χ1) is 12.5. The Morgan fingerprint density at radius 3 is 2.92 bits per heavy atom. The maximum absolute atomic E-state index is 13.4. The van der Waals surface area contributed by atoms with E-state index in [0.29, 0.717) is 18.8 Å². The van der Waals surface area contributed by atoms with Crippen molar-refractivity contribution in [3.63, 3.8) is 0 Å². The van der Waals surface area contributed by atoms with Crippen LogP contribution in [-0.2, 0) is 23.1 Å². The van der Waals surface area contributed by atoms with Crippen molar-refractivity contribution in [2.75, 3.05) is 20.2 Å². The third-order valence-electron chi connectivity index (χ3n) is 5.06. The minimum Gasteiger partial charge on any atom is -0.495 e. The Bertz CT molecular complexity index is 924. The van der Waals surface area contributed by atoms with Crippen LogP contribution in [0.3, 0.4) is 0 Å². The van der Waals surface area contributed by atoms with Gasteiger partial charge in [-0.2, -0.15) is 4.31 Å². The number of nitrogens with one attached hydrogen (secondary N) is 1. The molecule has 3 heterocycles. The van der Waals surface area contributed by atoms with Crippen LogP contribution < -0.4 is 10.1 Å². The molecule has 0 radical (unpaired) electrons. The average molecular weight is 377 g/mol. The van der Waals surface area contributed by atoms with Gasteiger partial charge in [0.25, 0.3) is 0 Å². The predicted octanol–water partition coefficient (Wildman–Crippen LogP) is 1.22. The van der Waals surface area contributed by atoms with E-state index in [0.717, 1.165) is 43.1 Å². The van der Waals surface area contributed by atoms with Gasteiger partial charge in [-0.15, -0.1) is 10.2 Å². The Morgan fingerprint density at radius 1 is 1.27 bits per heavy atom. The first kappa shape index (κ1) is 17.4. The Kier molecular flexibility index (Phi) is 4.45. The van der Waals surface area contributed by atoms with Gasteiger partial charge in [0.15, 0.2) is 5.82 Å². The SMILES string of the molecule is COc1ccc(C)cc1S(=O)(=O)N1CCC[C@H]1c1nnc2n1CCNC2. The molecule has 9 heteroatoms. The molecule has 4 rings (SSSR count). The van der Waals surface area contributed by atoms with Crippen LogP contribution in [-0.4, -0.2) is 47.7 Å². The summed E-state index contributed by atoms with van der Waals surface area (Å²) in [5.74, 6) is 1.98. The van der Waals surface area contributed by atoms with Crippen LogP contribution in [0.5, 0.6) is 5.75 Å². The van der Waals surface area contributed by atoms with Crippen molar-refractivity contribution in [1.82, 2.24) is 24.4 Å². The van der Waals surface area contributed by atoms with Gasteiger partial charge in [-0.05, 0) is 37.5 Å². The minimum atomic E-state index is -3.69. The van der Waals surface area contributed by atoms with Gasteiger partial charge in [0, 0.05) is 19.6 Å². The van der Waals surface area contributed by atoms with Crippen molar-refractivity contribution in [2.45, 2.75) is 43.8 Å². The topological polar surface area (TPSA) is 89.4 Å². The van der Waals surface area contributed by atoms with Gasteiger partial charge in [-0.3, -0.25) is 0 Å². The summed E-state index contributed by atoms with van der Waals surface area (Å²) < 4.78 is 35.8. The van der Waals surface area contributed by atoms with Gasteiger partial charge in [-0.1, -0.05) is 6.07 Å². The first-order valence-corrected chi connectivity index (χ1v) is 10.3. The monoisotopic (exact) mass is 377 g/mol. The van der Waals surface area contributed by atoms with Gasteiger partial charge in [0.05, 0.1) is 19.7 Å². The lowest BCUT2D eigenvalue weighted by Crippen LogP contribution is -2.34. The summed E-state index contributed by atoms with van der Waals surface area (Å²) in [5.41, 5.74) is 0.881. The zero-order valence-electron chi connectivity index (χ0n) is 15.0. The summed E-state index contributed by atoms with van der Waals surface area (Å²) in [4.78, 5) is 0.215. The lowest BCUT2D eigenvalue weighted by molar-refractivity contribution is 0.359. The molecule has 140 valence electrons. The molecule has 26 heavy (non-hydrogen) atoms. The lowest BCUT2D eigenvalue weighted by atomic mass is 10.2. The highest BCUT2D eigenvalue weighted by atomic mass is 32.2. The third-order valence-corrected chi connectivity index (χ3v) is 6.99. The second-order valence-corrected chi connectivity index (χ2v) is 8.59. The molecular weight excluding hydrogens is 354 g/mol. The van der Waals surface area contributed by atoms with Crippen LogP contribution in [0.15, 0.2) is 23.1 Å². The molecule has 2 aliphatic rings. The summed E-state index contributed by atoms with van der Waals surface area (Å²) in [6, 6.07) is 4.94. The highest BCUT2D eigenvalue weighted by Crippen LogP contribution is 2.38. The minimum absolute atomic E-state index is 0.215. The number of sulfonamides is 1. The van der Waals surface area contributed by atoms with Crippen LogP contribution in [0.4, 0.5) is 0 Å². The van der Waals surface area contributed by atoms with Gasteiger partial charge < -0.3 is 14.6 Å². The Labute approximate surface area is 153 Å². The normalized spacial score (nSPS) is 20.9. The molecule has 1 aromatic carbocycles. The van der Waals surface area contributed by atoms with Crippen molar-refractivity contribution in [1.29, 1.82) is 0 Å². The Morgan fingerprint density at radius 2 is 2.12 bits per heavy atom. The van der Waals surface area contributed by atoms with Gasteiger partial charge in [0.1, 0.15) is 16.5 Å². The quantitative estimate of drug-likeness (QED) is 0.862. The van der Waals surface area contributed by atoms with Gasteiger partial charge in [-0.25, -0.2) is 8.42 Å². The van der Waals surface area contributed by atoms with E-state index in [1.165, 1.54) is 7.11 Å². The Balaban J connectivity index is 1.75. The molecule has 1 N–H and O–H groups in total. The zero-order chi connectivity index (χ0) is 18.3. The fraction of sp³-hybridized carbons (Fsp3) is 0.529. The fourth-order valence-electron chi connectivity index (χ4n) is 3.76. The standard InChI is InChI=1S/C17H23N5O3S/c1-12-5-6-14(25-2)15(10-12)26(23,24)22-8-3-4-13(22)17-20-19-16-11-18-7-9-21(16)17/h5-6,10,13,18H,3-4,7-9,11H2,1-2H3/t13-/m0/s1. The maximum Gasteiger partial charge on any atom is 0.247 e. The van der Waals surface area contributed by atoms with Crippen LogP contribution in [0.2, 0.25) is 0 Å². The van der Waals surface area contributed by atoms with Crippen molar-refractivity contribution in [2.24, 2.45) is 0 Å². The molecule has 1 aromatic heterocycles. The summed E-state index contributed by atoms with van der Waals surface area (Å²) in [6.07, 6.45) is 1.55. The highest BCUT2D eigenvalue weighted by Gasteiger charge is 2.40. The molecule has 1 atom stereocenters. The van der Waals surface area contributed by atoms with Crippen molar-refractivity contribution < 1.29 is 13.2 Å². The predicted molar refractivity (Wildman–Crippen MR) is 95.3 cm³/mol. The average Bonchev–Trinajstić information content (AvgIpc) is 3.28. The number of benzene rings is 1. The van der Waals surface area contributed by atoms with Gasteiger partial charge >= 0.3 is 0 Å². The number of aromatic nitrogens is 3. The molecule has 0 spiro atoms. The zero-order valence-corrected chi connectivity index (χ0v) is 15.8. The number of rotatable bonds is 4. The van der Waals surface area contributed by atoms with Crippen LogP contribution in [0, 0.1) is 6.92 Å². The van der Waals surface area contributed by atoms with Crippen LogP contribution in [0.25, 0.3) is 0 Å². The molecule has 8 nitrogen and oxygen atoms in total. The summed E-state index contributed by atoms with van der Waals surface area (Å²) in [6.45, 7) is 4.61. The second-order valence-electron chi connectivity index (χ2n) is 6.73. The smallest absolute Gasteiger partial charge is 0.247 e. The van der Waals surface area contributed by atoms with Crippen LogP contribution in [0.1, 0.15) is 36.1 Å². The van der Waals surface area contributed by atoms with Crippen LogP contribution >= 0.6 is 0 Å². The number of fused-ring (bicyclic) bond motifs is 1. The maximum atomic E-state index is 13.4. The molecule has 1 fully saturated rings. The molecule has 1 saturated heterocycles.